The largest absolute Gasteiger partial charge is 0.355 e. The van der Waals surface area contributed by atoms with Gasteiger partial charge in [0.2, 0.25) is 5.91 Å². The first-order valence-corrected chi connectivity index (χ1v) is 7.19. The maximum Gasteiger partial charge on any atom is 0.236 e. The van der Waals surface area contributed by atoms with Crippen molar-refractivity contribution >= 4 is 5.91 Å². The molecule has 0 bridgehead atoms. The van der Waals surface area contributed by atoms with Gasteiger partial charge < -0.3 is 10.6 Å². The third kappa shape index (κ3) is 5.07. The van der Waals surface area contributed by atoms with E-state index >= 15 is 0 Å². The molecular formula is C14H28N2O. The number of rotatable bonds is 7. The molecule has 1 aliphatic carbocycles. The van der Waals surface area contributed by atoms with Gasteiger partial charge in [0, 0.05) is 12.6 Å². The summed E-state index contributed by atoms with van der Waals surface area (Å²) in [5.41, 5.74) is 0. The highest BCUT2D eigenvalue weighted by Crippen LogP contribution is 2.27. The first-order valence-electron chi connectivity index (χ1n) is 7.19. The lowest BCUT2D eigenvalue weighted by Gasteiger charge is -2.24. The highest BCUT2D eigenvalue weighted by atomic mass is 16.2. The van der Waals surface area contributed by atoms with E-state index < -0.39 is 0 Å². The van der Waals surface area contributed by atoms with Crippen molar-refractivity contribution in [2.24, 2.45) is 5.92 Å². The molecular weight excluding hydrogens is 212 g/mol. The van der Waals surface area contributed by atoms with Gasteiger partial charge in [0.25, 0.3) is 0 Å². The first kappa shape index (κ1) is 14.5. The Morgan fingerprint density at radius 2 is 1.94 bits per heavy atom. The van der Waals surface area contributed by atoms with Crippen LogP contribution in [-0.4, -0.2) is 24.5 Å². The van der Waals surface area contributed by atoms with Gasteiger partial charge in [-0.1, -0.05) is 26.2 Å². The molecule has 17 heavy (non-hydrogen) atoms. The van der Waals surface area contributed by atoms with Crippen LogP contribution in [0.3, 0.4) is 0 Å². The molecule has 0 aliphatic heterocycles. The smallest absolute Gasteiger partial charge is 0.236 e. The van der Waals surface area contributed by atoms with Gasteiger partial charge in [-0.15, -0.1) is 0 Å². The molecule has 3 heteroatoms. The summed E-state index contributed by atoms with van der Waals surface area (Å²) in [4.78, 5) is 11.8. The normalized spacial score (nSPS) is 20.2. The van der Waals surface area contributed by atoms with E-state index in [9.17, 15) is 4.79 Å². The van der Waals surface area contributed by atoms with Crippen molar-refractivity contribution in [3.63, 3.8) is 0 Å². The van der Waals surface area contributed by atoms with Crippen molar-refractivity contribution < 1.29 is 4.79 Å². The molecule has 2 N–H and O–H groups in total. The minimum absolute atomic E-state index is 0.0672. The van der Waals surface area contributed by atoms with E-state index in [0.717, 1.165) is 25.3 Å². The summed E-state index contributed by atoms with van der Waals surface area (Å²) < 4.78 is 0. The summed E-state index contributed by atoms with van der Waals surface area (Å²) in [6, 6.07) is 0.395. The molecule has 0 saturated heterocycles. The van der Waals surface area contributed by atoms with E-state index in [4.69, 9.17) is 0 Å². The monoisotopic (exact) mass is 240 g/mol. The summed E-state index contributed by atoms with van der Waals surface area (Å²) in [5, 5.41) is 6.41. The number of carbonyl (C=O) groups excluding carboxylic acids is 1. The van der Waals surface area contributed by atoms with Gasteiger partial charge >= 0.3 is 0 Å². The lowest BCUT2D eigenvalue weighted by atomic mass is 9.99. The van der Waals surface area contributed by atoms with Gasteiger partial charge in [0.1, 0.15) is 0 Å². The van der Waals surface area contributed by atoms with Gasteiger partial charge in [0.15, 0.2) is 0 Å². The van der Waals surface area contributed by atoms with Gasteiger partial charge in [-0.05, 0) is 39.0 Å². The Kier molecular flexibility index (Phi) is 6.56. The minimum atomic E-state index is -0.0672. The fraction of sp³-hybridized carbons (Fsp3) is 0.929. The van der Waals surface area contributed by atoms with Gasteiger partial charge in [-0.3, -0.25) is 4.79 Å². The Morgan fingerprint density at radius 1 is 1.29 bits per heavy atom. The Labute approximate surface area is 106 Å². The highest BCUT2D eigenvalue weighted by molar-refractivity contribution is 5.81. The molecule has 1 unspecified atom stereocenters. The molecule has 3 nitrogen and oxygen atoms in total. The lowest BCUT2D eigenvalue weighted by Crippen LogP contribution is -2.47. The number of nitrogens with one attached hydrogen (secondary N) is 2. The van der Waals surface area contributed by atoms with Crippen LogP contribution in [-0.2, 0) is 4.79 Å². The number of amides is 1. The second-order valence-corrected chi connectivity index (χ2v) is 5.37. The van der Waals surface area contributed by atoms with Crippen LogP contribution in [0.15, 0.2) is 0 Å². The molecule has 1 aliphatic rings. The Hall–Kier alpha value is -0.570. The first-order chi connectivity index (χ1) is 8.15. The second kappa shape index (κ2) is 7.70. The number of hydrogen-bond donors (Lipinski definition) is 2. The SMILES string of the molecule is CCCCNC(=O)C(C)N[C@H](C)C1CCCC1. The zero-order valence-electron chi connectivity index (χ0n) is 11.6. The van der Waals surface area contributed by atoms with Crippen LogP contribution in [0.25, 0.3) is 0 Å². The second-order valence-electron chi connectivity index (χ2n) is 5.37. The molecule has 1 rings (SSSR count). The highest BCUT2D eigenvalue weighted by Gasteiger charge is 2.24. The molecule has 1 fully saturated rings. The molecule has 0 spiro atoms. The maximum absolute atomic E-state index is 11.8. The molecule has 0 aromatic carbocycles. The summed E-state index contributed by atoms with van der Waals surface area (Å²) in [6.07, 6.45) is 7.54. The predicted molar refractivity (Wildman–Crippen MR) is 71.9 cm³/mol. The molecule has 2 atom stereocenters. The van der Waals surface area contributed by atoms with Gasteiger partial charge in [0.05, 0.1) is 6.04 Å². The van der Waals surface area contributed by atoms with Crippen LogP contribution in [0.4, 0.5) is 0 Å². The van der Waals surface area contributed by atoms with E-state index in [1.165, 1.54) is 25.7 Å². The average Bonchev–Trinajstić information content (AvgIpc) is 2.82. The molecule has 0 aromatic rings. The van der Waals surface area contributed by atoms with Crippen molar-refractivity contribution in [3.8, 4) is 0 Å². The predicted octanol–water partition coefficient (Wildman–Crippen LogP) is 2.46. The maximum atomic E-state index is 11.8. The van der Waals surface area contributed by atoms with Crippen LogP contribution >= 0.6 is 0 Å². The quantitative estimate of drug-likeness (QED) is 0.671. The van der Waals surface area contributed by atoms with E-state index in [-0.39, 0.29) is 11.9 Å². The zero-order valence-corrected chi connectivity index (χ0v) is 11.6. The van der Waals surface area contributed by atoms with Crippen molar-refractivity contribution in [1.82, 2.24) is 10.6 Å². The van der Waals surface area contributed by atoms with Crippen molar-refractivity contribution in [2.45, 2.75) is 71.4 Å². The molecule has 100 valence electrons. The van der Waals surface area contributed by atoms with E-state index in [1.54, 1.807) is 0 Å². The fourth-order valence-corrected chi connectivity index (χ4v) is 2.60. The van der Waals surface area contributed by atoms with E-state index in [1.807, 2.05) is 6.92 Å². The number of unbranched alkanes of at least 4 members (excludes halogenated alkanes) is 1. The summed E-state index contributed by atoms with van der Waals surface area (Å²) in [7, 11) is 0. The summed E-state index contributed by atoms with van der Waals surface area (Å²) in [6.45, 7) is 7.12. The molecule has 0 aromatic heterocycles. The molecule has 0 heterocycles. The van der Waals surface area contributed by atoms with Crippen LogP contribution in [0.5, 0.6) is 0 Å². The molecule has 1 amide bonds. The Bertz CT molecular complexity index is 224. The van der Waals surface area contributed by atoms with Crippen molar-refractivity contribution in [3.05, 3.63) is 0 Å². The van der Waals surface area contributed by atoms with Crippen LogP contribution in [0.2, 0.25) is 0 Å². The zero-order chi connectivity index (χ0) is 12.7. The summed E-state index contributed by atoms with van der Waals surface area (Å²) >= 11 is 0. The number of carbonyl (C=O) groups is 1. The van der Waals surface area contributed by atoms with Gasteiger partial charge in [-0.2, -0.15) is 0 Å². The van der Waals surface area contributed by atoms with Crippen LogP contribution in [0, 0.1) is 5.92 Å². The average molecular weight is 240 g/mol. The van der Waals surface area contributed by atoms with Gasteiger partial charge in [-0.25, -0.2) is 0 Å². The number of hydrogen-bond acceptors (Lipinski definition) is 2. The van der Waals surface area contributed by atoms with Crippen molar-refractivity contribution in [1.29, 1.82) is 0 Å². The van der Waals surface area contributed by atoms with E-state index in [0.29, 0.717) is 6.04 Å². The fourth-order valence-electron chi connectivity index (χ4n) is 2.60. The Balaban J connectivity index is 2.22. The van der Waals surface area contributed by atoms with E-state index in [2.05, 4.69) is 24.5 Å². The van der Waals surface area contributed by atoms with Crippen LogP contribution in [0.1, 0.15) is 59.3 Å². The van der Waals surface area contributed by atoms with Crippen LogP contribution < -0.4 is 10.6 Å². The lowest BCUT2D eigenvalue weighted by molar-refractivity contribution is -0.123. The minimum Gasteiger partial charge on any atom is -0.355 e. The molecule has 0 radical (unpaired) electrons. The topological polar surface area (TPSA) is 41.1 Å². The third-order valence-electron chi connectivity index (χ3n) is 3.84. The van der Waals surface area contributed by atoms with Crippen molar-refractivity contribution in [2.75, 3.05) is 6.54 Å². The Morgan fingerprint density at radius 3 is 2.53 bits per heavy atom. The summed E-state index contributed by atoms with van der Waals surface area (Å²) in [5.74, 6) is 0.907. The molecule has 1 saturated carbocycles. The third-order valence-corrected chi connectivity index (χ3v) is 3.84. The standard InChI is InChI=1S/C14H28N2O/c1-4-5-10-15-14(17)12(3)16-11(2)13-8-6-7-9-13/h11-13,16H,4-10H2,1-3H3,(H,15,17)/t11-,12?/m1/s1.